The number of morpholine rings is 1. The highest BCUT2D eigenvalue weighted by atomic mass is 32.2. The lowest BCUT2D eigenvalue weighted by molar-refractivity contribution is -0.113. The first-order valence-corrected chi connectivity index (χ1v) is 14.6. The van der Waals surface area contributed by atoms with Crippen LogP contribution in [0.4, 0.5) is 11.4 Å². The predicted molar refractivity (Wildman–Crippen MR) is 160 cm³/mol. The van der Waals surface area contributed by atoms with E-state index in [1.807, 2.05) is 12.1 Å². The molecular formula is C29H28N4O6S2. The molecule has 2 heterocycles. The molecule has 0 saturated carbocycles. The average molecular weight is 593 g/mol. The van der Waals surface area contributed by atoms with Gasteiger partial charge < -0.3 is 29.7 Å². The maximum absolute atomic E-state index is 13.2. The smallest absolute Gasteiger partial charge is 0.256 e. The van der Waals surface area contributed by atoms with Crippen LogP contribution in [0.5, 0.6) is 11.5 Å². The summed E-state index contributed by atoms with van der Waals surface area (Å²) in [4.78, 5) is 45.2. The highest BCUT2D eigenvalue weighted by molar-refractivity contribution is 8.01. The van der Waals surface area contributed by atoms with Gasteiger partial charge in [-0.3, -0.25) is 14.4 Å². The Morgan fingerprint density at radius 2 is 1.76 bits per heavy atom. The number of ether oxygens (including phenoxy) is 3. The minimum Gasteiger partial charge on any atom is -0.497 e. The number of amides is 3. The molecular weight excluding hydrogens is 564 g/mol. The molecule has 212 valence electrons. The quantitative estimate of drug-likeness (QED) is 0.267. The van der Waals surface area contributed by atoms with Crippen molar-refractivity contribution in [2.45, 2.75) is 4.34 Å². The first-order valence-electron chi connectivity index (χ1n) is 12.8. The summed E-state index contributed by atoms with van der Waals surface area (Å²) in [6.07, 6.45) is 0. The lowest BCUT2D eigenvalue weighted by Gasteiger charge is -2.27. The number of carbonyl (C=O) groups is 3. The van der Waals surface area contributed by atoms with Crippen molar-refractivity contribution < 1.29 is 28.6 Å². The van der Waals surface area contributed by atoms with E-state index in [0.29, 0.717) is 60.3 Å². The summed E-state index contributed by atoms with van der Waals surface area (Å²) in [6, 6.07) is 17.4. The Bertz CT molecular complexity index is 1580. The van der Waals surface area contributed by atoms with Gasteiger partial charge in [0.25, 0.3) is 11.8 Å². The van der Waals surface area contributed by atoms with Crippen molar-refractivity contribution in [2.24, 2.45) is 0 Å². The molecule has 1 aliphatic rings. The molecule has 0 aliphatic carbocycles. The average Bonchev–Trinajstić information content (AvgIpc) is 3.42. The number of fused-ring (bicyclic) bond motifs is 1. The lowest BCUT2D eigenvalue weighted by Crippen LogP contribution is -2.41. The van der Waals surface area contributed by atoms with Gasteiger partial charge in [0.05, 0.1) is 60.2 Å². The van der Waals surface area contributed by atoms with Crippen LogP contribution in [0, 0.1) is 0 Å². The molecule has 10 nitrogen and oxygen atoms in total. The van der Waals surface area contributed by atoms with Crippen molar-refractivity contribution in [3.63, 3.8) is 0 Å². The highest BCUT2D eigenvalue weighted by Gasteiger charge is 2.23. The van der Waals surface area contributed by atoms with Crippen LogP contribution in [0.2, 0.25) is 0 Å². The molecule has 0 radical (unpaired) electrons. The van der Waals surface area contributed by atoms with Crippen molar-refractivity contribution in [1.29, 1.82) is 0 Å². The Morgan fingerprint density at radius 1 is 0.976 bits per heavy atom. The van der Waals surface area contributed by atoms with E-state index in [-0.39, 0.29) is 23.5 Å². The van der Waals surface area contributed by atoms with Crippen molar-refractivity contribution in [2.75, 3.05) is 56.9 Å². The summed E-state index contributed by atoms with van der Waals surface area (Å²) in [7, 11) is 3.09. The Hall–Kier alpha value is -4.13. The molecule has 0 unspecified atom stereocenters. The van der Waals surface area contributed by atoms with Gasteiger partial charge in [0.15, 0.2) is 4.34 Å². The fourth-order valence-electron chi connectivity index (χ4n) is 4.27. The zero-order valence-corrected chi connectivity index (χ0v) is 24.1. The normalized spacial score (nSPS) is 13.1. The summed E-state index contributed by atoms with van der Waals surface area (Å²) in [5, 5.41) is 5.76. The standard InChI is InChI=1S/C29H28N4O6S2/c1-37-19-8-10-24(38-2)23(16-19)31-26(34)17-40-29-32-22-9-7-18(15-25(22)41-29)30-27(35)20-5-3-4-6-21(20)28(36)33-11-13-39-14-12-33/h3-10,15-16H,11-14,17H2,1-2H3,(H,30,35)(H,31,34). The minimum atomic E-state index is -0.370. The van der Waals surface area contributed by atoms with Crippen LogP contribution >= 0.6 is 23.1 Å². The second kappa shape index (κ2) is 13.0. The molecule has 2 N–H and O–H groups in total. The van der Waals surface area contributed by atoms with Crippen LogP contribution in [0.3, 0.4) is 0 Å². The third-order valence-corrected chi connectivity index (χ3v) is 8.50. The Balaban J connectivity index is 1.23. The molecule has 3 amide bonds. The second-order valence-corrected chi connectivity index (χ2v) is 11.2. The van der Waals surface area contributed by atoms with Crippen LogP contribution in [-0.2, 0) is 9.53 Å². The van der Waals surface area contributed by atoms with E-state index in [0.717, 1.165) is 14.6 Å². The van der Waals surface area contributed by atoms with Crippen LogP contribution in [0.25, 0.3) is 10.2 Å². The summed E-state index contributed by atoms with van der Waals surface area (Å²) in [6.45, 7) is 1.95. The summed E-state index contributed by atoms with van der Waals surface area (Å²) in [5.41, 5.74) is 2.53. The number of rotatable bonds is 9. The van der Waals surface area contributed by atoms with Crippen molar-refractivity contribution in [1.82, 2.24) is 9.88 Å². The van der Waals surface area contributed by atoms with Gasteiger partial charge in [-0.1, -0.05) is 23.9 Å². The van der Waals surface area contributed by atoms with Crippen LogP contribution < -0.4 is 20.1 Å². The van der Waals surface area contributed by atoms with Gasteiger partial charge in [0.2, 0.25) is 5.91 Å². The molecule has 1 fully saturated rings. The summed E-state index contributed by atoms with van der Waals surface area (Å²) in [5.74, 6) is 0.524. The van der Waals surface area contributed by atoms with E-state index in [4.69, 9.17) is 14.2 Å². The van der Waals surface area contributed by atoms with Crippen LogP contribution in [0.1, 0.15) is 20.7 Å². The number of thioether (sulfide) groups is 1. The van der Waals surface area contributed by atoms with E-state index >= 15 is 0 Å². The number of aromatic nitrogens is 1. The summed E-state index contributed by atoms with van der Waals surface area (Å²) >= 11 is 2.74. The molecule has 5 rings (SSSR count). The van der Waals surface area contributed by atoms with Gasteiger partial charge in [-0.05, 0) is 42.5 Å². The number of hydrogen-bond acceptors (Lipinski definition) is 9. The van der Waals surface area contributed by atoms with Crippen molar-refractivity contribution in [3.8, 4) is 11.5 Å². The van der Waals surface area contributed by atoms with Crippen molar-refractivity contribution in [3.05, 3.63) is 71.8 Å². The molecule has 41 heavy (non-hydrogen) atoms. The van der Waals surface area contributed by atoms with E-state index < -0.39 is 0 Å². The molecule has 12 heteroatoms. The first-order chi connectivity index (χ1) is 19.9. The third kappa shape index (κ3) is 6.79. The Kier molecular flexibility index (Phi) is 9.02. The number of anilines is 2. The topological polar surface area (TPSA) is 119 Å². The fraction of sp³-hybridized carbons (Fsp3) is 0.241. The Morgan fingerprint density at radius 3 is 2.51 bits per heavy atom. The van der Waals surface area contributed by atoms with Crippen LogP contribution in [-0.4, -0.2) is 73.9 Å². The molecule has 4 aromatic rings. The minimum absolute atomic E-state index is 0.151. The second-order valence-electron chi connectivity index (χ2n) is 8.97. The molecule has 1 aromatic heterocycles. The largest absolute Gasteiger partial charge is 0.497 e. The van der Waals surface area contributed by atoms with E-state index in [9.17, 15) is 14.4 Å². The number of nitrogens with one attached hydrogen (secondary N) is 2. The van der Waals surface area contributed by atoms with Gasteiger partial charge in [0.1, 0.15) is 11.5 Å². The maximum Gasteiger partial charge on any atom is 0.256 e. The number of benzene rings is 3. The number of hydrogen-bond donors (Lipinski definition) is 2. The molecule has 1 aliphatic heterocycles. The molecule has 0 spiro atoms. The third-order valence-electron chi connectivity index (χ3n) is 6.33. The zero-order valence-electron chi connectivity index (χ0n) is 22.5. The van der Waals surface area contributed by atoms with E-state index in [1.165, 1.54) is 30.2 Å². The first kappa shape index (κ1) is 28.4. The summed E-state index contributed by atoms with van der Waals surface area (Å²) < 4.78 is 17.5. The van der Waals surface area contributed by atoms with Gasteiger partial charge >= 0.3 is 0 Å². The monoisotopic (exact) mass is 592 g/mol. The SMILES string of the molecule is COc1ccc(OC)c(NC(=O)CSc2nc3ccc(NC(=O)c4ccccc4C(=O)N4CCOCC4)cc3s2)c1. The van der Waals surface area contributed by atoms with Crippen LogP contribution in [0.15, 0.2) is 65.0 Å². The zero-order chi connectivity index (χ0) is 28.8. The molecule has 1 saturated heterocycles. The number of thiazole rings is 1. The number of nitrogens with zero attached hydrogens (tertiary/aromatic N) is 2. The number of methoxy groups -OCH3 is 2. The predicted octanol–water partition coefficient (Wildman–Crippen LogP) is 4.77. The molecule has 0 bridgehead atoms. The molecule has 0 atom stereocenters. The van der Waals surface area contributed by atoms with Crippen molar-refractivity contribution >= 4 is 62.4 Å². The number of carbonyl (C=O) groups excluding carboxylic acids is 3. The highest BCUT2D eigenvalue weighted by Crippen LogP contribution is 2.33. The van der Waals surface area contributed by atoms with E-state index in [2.05, 4.69) is 15.6 Å². The molecule has 3 aromatic carbocycles. The Labute approximate surface area is 245 Å². The van der Waals surface area contributed by atoms with Gasteiger partial charge in [-0.25, -0.2) is 4.98 Å². The lowest BCUT2D eigenvalue weighted by atomic mass is 10.0. The van der Waals surface area contributed by atoms with Gasteiger partial charge in [-0.2, -0.15) is 0 Å². The maximum atomic E-state index is 13.2. The van der Waals surface area contributed by atoms with Gasteiger partial charge in [0, 0.05) is 24.8 Å². The van der Waals surface area contributed by atoms with Gasteiger partial charge in [-0.15, -0.1) is 11.3 Å². The fourth-order valence-corrected chi connectivity index (χ4v) is 6.18. The van der Waals surface area contributed by atoms with E-state index in [1.54, 1.807) is 60.5 Å².